The summed E-state index contributed by atoms with van der Waals surface area (Å²) in [5.41, 5.74) is 6.76. The van der Waals surface area contributed by atoms with Gasteiger partial charge in [-0.1, -0.05) is 30.4 Å². The lowest BCUT2D eigenvalue weighted by molar-refractivity contribution is 0.282. The number of thiocarbonyl (C=S) groups is 1. The highest BCUT2D eigenvalue weighted by Crippen LogP contribution is 2.23. The molecule has 3 nitrogen and oxygen atoms in total. The number of hydrogen-bond donors (Lipinski definition) is 1. The molecule has 0 unspecified atom stereocenters. The molecule has 0 saturated carbocycles. The van der Waals surface area contributed by atoms with Gasteiger partial charge in [0.2, 0.25) is 0 Å². The van der Waals surface area contributed by atoms with Crippen LogP contribution in [0.3, 0.4) is 0 Å². The van der Waals surface area contributed by atoms with Crippen molar-refractivity contribution >= 4 is 17.2 Å². The molecule has 5 heteroatoms. The lowest BCUT2D eigenvalue weighted by Gasteiger charge is -2.11. The normalized spacial score (nSPS) is 10.1. The molecule has 0 saturated heterocycles. The van der Waals surface area contributed by atoms with Gasteiger partial charge in [-0.25, -0.2) is 4.39 Å². The van der Waals surface area contributed by atoms with Crippen LogP contribution in [-0.2, 0) is 6.61 Å². The van der Waals surface area contributed by atoms with Gasteiger partial charge in [-0.05, 0) is 24.3 Å². The van der Waals surface area contributed by atoms with Crippen LogP contribution in [0.5, 0.6) is 11.5 Å². The minimum atomic E-state index is -0.495. The van der Waals surface area contributed by atoms with Crippen LogP contribution in [0.25, 0.3) is 0 Å². The van der Waals surface area contributed by atoms with Gasteiger partial charge < -0.3 is 15.2 Å². The average molecular weight is 291 g/mol. The summed E-state index contributed by atoms with van der Waals surface area (Å²) in [5, 5.41) is 0. The number of methoxy groups -OCH3 is 1. The molecular weight excluding hydrogens is 277 g/mol. The zero-order valence-electron chi connectivity index (χ0n) is 10.9. The van der Waals surface area contributed by atoms with Crippen LogP contribution in [0.2, 0.25) is 0 Å². The molecule has 104 valence electrons. The number of halogens is 1. The highest BCUT2D eigenvalue weighted by molar-refractivity contribution is 7.80. The molecule has 0 aliphatic carbocycles. The van der Waals surface area contributed by atoms with Gasteiger partial charge in [0.25, 0.3) is 0 Å². The van der Waals surface area contributed by atoms with Crippen molar-refractivity contribution in [3.8, 4) is 11.5 Å². The van der Waals surface area contributed by atoms with E-state index >= 15 is 0 Å². The quantitative estimate of drug-likeness (QED) is 0.860. The lowest BCUT2D eigenvalue weighted by atomic mass is 10.2. The molecule has 0 heterocycles. The van der Waals surface area contributed by atoms with E-state index in [0.717, 1.165) is 5.56 Å². The number of hydrogen-bond acceptors (Lipinski definition) is 3. The van der Waals surface area contributed by atoms with Crippen LogP contribution in [0.4, 0.5) is 4.39 Å². The maximum absolute atomic E-state index is 13.8. The molecule has 0 aromatic heterocycles. The third-order valence-corrected chi connectivity index (χ3v) is 3.03. The van der Waals surface area contributed by atoms with Crippen molar-refractivity contribution in [3.63, 3.8) is 0 Å². The van der Waals surface area contributed by atoms with E-state index in [1.165, 1.54) is 12.1 Å². The Labute approximate surface area is 122 Å². The van der Waals surface area contributed by atoms with Gasteiger partial charge in [-0.15, -0.1) is 0 Å². The first-order valence-corrected chi connectivity index (χ1v) is 6.36. The van der Waals surface area contributed by atoms with Gasteiger partial charge in [0.1, 0.15) is 17.3 Å². The Balaban J connectivity index is 2.13. The highest BCUT2D eigenvalue weighted by Gasteiger charge is 2.08. The summed E-state index contributed by atoms with van der Waals surface area (Å²) in [7, 11) is 1.58. The van der Waals surface area contributed by atoms with Crippen LogP contribution in [-0.4, -0.2) is 12.1 Å². The zero-order valence-corrected chi connectivity index (χ0v) is 11.7. The number of ether oxygens (including phenoxy) is 2. The molecular formula is C15H14FNO2S. The van der Waals surface area contributed by atoms with Crippen molar-refractivity contribution in [2.45, 2.75) is 6.61 Å². The number of rotatable bonds is 5. The topological polar surface area (TPSA) is 44.5 Å². The van der Waals surface area contributed by atoms with Gasteiger partial charge in [-0.2, -0.15) is 0 Å². The Kier molecular flexibility index (Phi) is 4.53. The molecule has 0 radical (unpaired) electrons. The van der Waals surface area contributed by atoms with Crippen molar-refractivity contribution in [2.24, 2.45) is 5.73 Å². The Morgan fingerprint density at radius 2 is 1.95 bits per heavy atom. The molecule has 0 aliphatic rings. The van der Waals surface area contributed by atoms with Gasteiger partial charge in [0.05, 0.1) is 7.11 Å². The van der Waals surface area contributed by atoms with E-state index in [1.807, 2.05) is 24.3 Å². The first kappa shape index (κ1) is 14.3. The van der Waals surface area contributed by atoms with E-state index in [4.69, 9.17) is 27.4 Å². The number of benzene rings is 2. The molecule has 2 aromatic rings. The second-order valence-corrected chi connectivity index (χ2v) is 4.55. The average Bonchev–Trinajstić information content (AvgIpc) is 2.46. The van der Waals surface area contributed by atoms with Gasteiger partial charge in [-0.3, -0.25) is 0 Å². The van der Waals surface area contributed by atoms with E-state index in [0.29, 0.717) is 11.3 Å². The molecule has 0 atom stereocenters. The summed E-state index contributed by atoms with van der Waals surface area (Å²) in [5.74, 6) is 0.355. The SMILES string of the molecule is COc1ccccc1COc1ccc(C(N)=S)cc1F. The molecule has 0 bridgehead atoms. The van der Waals surface area contributed by atoms with Gasteiger partial charge in [0, 0.05) is 11.1 Å². The van der Waals surface area contributed by atoms with Crippen molar-refractivity contribution < 1.29 is 13.9 Å². The smallest absolute Gasteiger partial charge is 0.165 e. The Hall–Kier alpha value is -2.14. The second-order valence-electron chi connectivity index (χ2n) is 4.11. The summed E-state index contributed by atoms with van der Waals surface area (Å²) in [6.45, 7) is 0.216. The fraction of sp³-hybridized carbons (Fsp3) is 0.133. The molecule has 0 fully saturated rings. The van der Waals surface area contributed by atoms with Crippen LogP contribution in [0, 0.1) is 5.82 Å². The minimum absolute atomic E-state index is 0.149. The molecule has 2 rings (SSSR count). The maximum atomic E-state index is 13.8. The first-order chi connectivity index (χ1) is 9.61. The lowest BCUT2D eigenvalue weighted by Crippen LogP contribution is -2.09. The predicted molar refractivity (Wildman–Crippen MR) is 79.6 cm³/mol. The standard InChI is InChI=1S/C15H14FNO2S/c1-18-13-5-3-2-4-11(13)9-19-14-7-6-10(15(17)20)8-12(14)16/h2-8H,9H2,1H3,(H2,17,20). The van der Waals surface area contributed by atoms with Crippen molar-refractivity contribution in [3.05, 3.63) is 59.4 Å². The Morgan fingerprint density at radius 3 is 2.60 bits per heavy atom. The highest BCUT2D eigenvalue weighted by atomic mass is 32.1. The monoisotopic (exact) mass is 291 g/mol. The summed E-state index contributed by atoms with van der Waals surface area (Å²) in [6.07, 6.45) is 0. The summed E-state index contributed by atoms with van der Waals surface area (Å²) in [4.78, 5) is 0.153. The van der Waals surface area contributed by atoms with E-state index in [1.54, 1.807) is 13.2 Å². The van der Waals surface area contributed by atoms with Gasteiger partial charge in [0.15, 0.2) is 11.6 Å². The van der Waals surface area contributed by atoms with Gasteiger partial charge >= 0.3 is 0 Å². The van der Waals surface area contributed by atoms with Crippen LogP contribution in [0.15, 0.2) is 42.5 Å². The Bertz CT molecular complexity index is 631. The molecule has 20 heavy (non-hydrogen) atoms. The number of para-hydroxylation sites is 1. The molecule has 0 aliphatic heterocycles. The fourth-order valence-electron chi connectivity index (χ4n) is 1.75. The van der Waals surface area contributed by atoms with E-state index in [9.17, 15) is 4.39 Å². The largest absolute Gasteiger partial charge is 0.496 e. The number of nitrogens with two attached hydrogens (primary N) is 1. The molecule has 0 amide bonds. The van der Waals surface area contributed by atoms with Crippen molar-refractivity contribution in [1.82, 2.24) is 0 Å². The summed E-state index contributed by atoms with van der Waals surface area (Å²) < 4.78 is 24.5. The van der Waals surface area contributed by atoms with E-state index in [-0.39, 0.29) is 17.3 Å². The maximum Gasteiger partial charge on any atom is 0.165 e. The van der Waals surface area contributed by atoms with Crippen LogP contribution >= 0.6 is 12.2 Å². The molecule has 2 N–H and O–H groups in total. The fourth-order valence-corrected chi connectivity index (χ4v) is 1.88. The Morgan fingerprint density at radius 1 is 1.20 bits per heavy atom. The van der Waals surface area contributed by atoms with E-state index in [2.05, 4.69) is 0 Å². The van der Waals surface area contributed by atoms with Crippen molar-refractivity contribution in [2.75, 3.05) is 7.11 Å². The zero-order chi connectivity index (χ0) is 14.5. The van der Waals surface area contributed by atoms with Crippen LogP contribution < -0.4 is 15.2 Å². The predicted octanol–water partition coefficient (Wildman–Crippen LogP) is 3.05. The van der Waals surface area contributed by atoms with E-state index < -0.39 is 5.82 Å². The van der Waals surface area contributed by atoms with Crippen LogP contribution in [0.1, 0.15) is 11.1 Å². The summed E-state index contributed by atoms with van der Waals surface area (Å²) in [6, 6.07) is 11.8. The third kappa shape index (κ3) is 3.24. The molecule has 0 spiro atoms. The first-order valence-electron chi connectivity index (χ1n) is 5.96. The third-order valence-electron chi connectivity index (χ3n) is 2.79. The second kappa shape index (κ2) is 6.34. The van der Waals surface area contributed by atoms with Crippen molar-refractivity contribution in [1.29, 1.82) is 0 Å². The minimum Gasteiger partial charge on any atom is -0.496 e. The summed E-state index contributed by atoms with van der Waals surface area (Å²) >= 11 is 4.79. The molecule has 2 aromatic carbocycles.